The summed E-state index contributed by atoms with van der Waals surface area (Å²) in [5.74, 6) is -1.76. The highest BCUT2D eigenvalue weighted by atomic mass is 19.4. The number of allylic oxidation sites excluding steroid dienone is 1. The summed E-state index contributed by atoms with van der Waals surface area (Å²) in [5.41, 5.74) is -1.85. The predicted octanol–water partition coefficient (Wildman–Crippen LogP) is 2.64. The van der Waals surface area contributed by atoms with Gasteiger partial charge in [-0.25, -0.2) is 9.59 Å². The Bertz CT molecular complexity index is 1110. The van der Waals surface area contributed by atoms with Gasteiger partial charge in [-0.05, 0) is 24.6 Å². The van der Waals surface area contributed by atoms with Crippen molar-refractivity contribution in [3.8, 4) is 0 Å². The first-order valence-corrected chi connectivity index (χ1v) is 8.43. The van der Waals surface area contributed by atoms with Crippen LogP contribution in [0.15, 0.2) is 57.8 Å². The maximum absolute atomic E-state index is 12.9. The lowest BCUT2D eigenvalue weighted by Gasteiger charge is -2.28. The number of aromatic nitrogens is 2. The fourth-order valence-electron chi connectivity index (χ4n) is 3.17. The van der Waals surface area contributed by atoms with Crippen LogP contribution in [0.1, 0.15) is 29.5 Å². The Hall–Kier alpha value is -3.56. The second kappa shape index (κ2) is 7.46. The van der Waals surface area contributed by atoms with Gasteiger partial charge in [0, 0.05) is 5.70 Å². The number of hydrogen-bond donors (Lipinski definition) is 3. The number of benzene rings is 1. The molecule has 1 aliphatic rings. The van der Waals surface area contributed by atoms with E-state index in [1.165, 1.54) is 25.1 Å². The van der Waals surface area contributed by atoms with Gasteiger partial charge in [0.05, 0.1) is 22.6 Å². The van der Waals surface area contributed by atoms with Gasteiger partial charge < -0.3 is 10.1 Å². The minimum atomic E-state index is -4.54. The summed E-state index contributed by atoms with van der Waals surface area (Å²) >= 11 is 0. The molecule has 2 aromatic rings. The lowest BCUT2D eigenvalue weighted by molar-refractivity contribution is -0.138. The van der Waals surface area contributed by atoms with Crippen molar-refractivity contribution in [3.05, 3.63) is 85.7 Å². The molecule has 2 heterocycles. The lowest BCUT2D eigenvalue weighted by atomic mass is 9.82. The van der Waals surface area contributed by atoms with Crippen molar-refractivity contribution < 1.29 is 22.7 Å². The molecular weight excluding hydrogens is 391 g/mol. The number of H-pyrrole nitrogens is 2. The smallest absolute Gasteiger partial charge is 0.416 e. The van der Waals surface area contributed by atoms with Crippen LogP contribution in [-0.4, -0.2) is 22.5 Å². The summed E-state index contributed by atoms with van der Waals surface area (Å²) in [6, 6.07) is 4.08. The van der Waals surface area contributed by atoms with Crippen LogP contribution in [0.25, 0.3) is 0 Å². The molecular formula is C19H16F3N3O4. The number of halogens is 3. The molecule has 0 unspecified atom stereocenters. The Morgan fingerprint density at radius 2 is 1.86 bits per heavy atom. The maximum atomic E-state index is 12.9. The van der Waals surface area contributed by atoms with E-state index in [1.807, 2.05) is 0 Å². The maximum Gasteiger partial charge on any atom is 0.416 e. The van der Waals surface area contributed by atoms with Crippen LogP contribution >= 0.6 is 0 Å². The van der Waals surface area contributed by atoms with E-state index in [2.05, 4.69) is 21.9 Å². The van der Waals surface area contributed by atoms with E-state index in [9.17, 15) is 27.6 Å². The Balaban J connectivity index is 2.20. The zero-order chi connectivity index (χ0) is 21.3. The van der Waals surface area contributed by atoms with Crippen LogP contribution < -0.4 is 16.6 Å². The highest BCUT2D eigenvalue weighted by molar-refractivity contribution is 5.94. The zero-order valence-corrected chi connectivity index (χ0v) is 15.1. The number of aromatic amines is 2. The molecule has 0 bridgehead atoms. The van der Waals surface area contributed by atoms with Gasteiger partial charge in [0.2, 0.25) is 0 Å². The molecule has 29 heavy (non-hydrogen) atoms. The van der Waals surface area contributed by atoms with Gasteiger partial charge in [0.1, 0.15) is 12.4 Å². The lowest BCUT2D eigenvalue weighted by Crippen LogP contribution is -2.35. The molecule has 0 amide bonds. The van der Waals surface area contributed by atoms with Crippen LogP contribution in [0.2, 0.25) is 0 Å². The number of anilines is 1. The van der Waals surface area contributed by atoms with Gasteiger partial charge in [0.25, 0.3) is 5.56 Å². The van der Waals surface area contributed by atoms with Crippen molar-refractivity contribution in [1.82, 2.24) is 9.97 Å². The summed E-state index contributed by atoms with van der Waals surface area (Å²) in [7, 11) is 0. The molecule has 10 heteroatoms. The number of fused-ring (bicyclic) bond motifs is 1. The summed E-state index contributed by atoms with van der Waals surface area (Å²) in [4.78, 5) is 41.3. The van der Waals surface area contributed by atoms with Crippen LogP contribution in [0.5, 0.6) is 0 Å². The largest absolute Gasteiger partial charge is 0.458 e. The molecule has 0 saturated carbocycles. The molecule has 1 aliphatic heterocycles. The van der Waals surface area contributed by atoms with Gasteiger partial charge in [-0.15, -0.1) is 0 Å². The Morgan fingerprint density at radius 3 is 2.45 bits per heavy atom. The molecule has 0 fully saturated rings. The summed E-state index contributed by atoms with van der Waals surface area (Å²) in [5, 5.41) is 2.78. The number of carbonyl (C=O) groups excluding carboxylic acids is 1. The molecule has 152 valence electrons. The second-order valence-electron chi connectivity index (χ2n) is 6.30. The van der Waals surface area contributed by atoms with Gasteiger partial charge >= 0.3 is 17.8 Å². The topological polar surface area (TPSA) is 104 Å². The second-order valence-corrected chi connectivity index (χ2v) is 6.30. The van der Waals surface area contributed by atoms with E-state index in [0.717, 1.165) is 12.1 Å². The van der Waals surface area contributed by atoms with E-state index < -0.39 is 34.9 Å². The molecule has 3 rings (SSSR count). The van der Waals surface area contributed by atoms with Crippen LogP contribution in [0.3, 0.4) is 0 Å². The standard InChI is InChI=1S/C19H16F3N3O4/c1-3-8-29-17(27)12-9(2)23-15-14(16(26)25-18(28)24-15)13(12)10-4-6-11(7-5-10)19(20,21)22/h3-7,13H,1,8H2,2H3,(H3,23,24,25,26,28)/t13-/m1/s1. The average molecular weight is 407 g/mol. The number of hydrogen-bond acceptors (Lipinski definition) is 5. The Kier molecular flexibility index (Phi) is 5.19. The van der Waals surface area contributed by atoms with Crippen LogP contribution in [-0.2, 0) is 15.7 Å². The molecule has 1 atom stereocenters. The molecule has 0 saturated heterocycles. The Labute approximate surface area is 161 Å². The first kappa shape index (κ1) is 20.2. The molecule has 0 aliphatic carbocycles. The average Bonchev–Trinajstić information content (AvgIpc) is 2.64. The first-order chi connectivity index (χ1) is 13.6. The number of nitrogens with one attached hydrogen (secondary N) is 3. The fraction of sp³-hybridized carbons (Fsp3) is 0.211. The zero-order valence-electron chi connectivity index (χ0n) is 15.1. The third-order valence-corrected chi connectivity index (χ3v) is 4.40. The molecule has 3 N–H and O–H groups in total. The molecule has 1 aromatic carbocycles. The summed E-state index contributed by atoms with van der Waals surface area (Å²) < 4.78 is 43.8. The molecule has 1 aromatic heterocycles. The fourth-order valence-corrected chi connectivity index (χ4v) is 3.17. The Morgan fingerprint density at radius 1 is 1.21 bits per heavy atom. The number of alkyl halides is 3. The van der Waals surface area contributed by atoms with Crippen molar-refractivity contribution in [2.24, 2.45) is 0 Å². The van der Waals surface area contributed by atoms with Crippen LogP contribution in [0.4, 0.5) is 19.0 Å². The van der Waals surface area contributed by atoms with Crippen molar-refractivity contribution in [1.29, 1.82) is 0 Å². The number of esters is 1. The number of ether oxygens (including phenoxy) is 1. The van der Waals surface area contributed by atoms with Gasteiger partial charge in [-0.2, -0.15) is 13.2 Å². The van der Waals surface area contributed by atoms with Gasteiger partial charge in [-0.1, -0.05) is 24.8 Å². The molecule has 0 radical (unpaired) electrons. The van der Waals surface area contributed by atoms with Crippen molar-refractivity contribution in [2.45, 2.75) is 19.0 Å². The minimum Gasteiger partial charge on any atom is -0.458 e. The first-order valence-electron chi connectivity index (χ1n) is 8.43. The number of rotatable bonds is 4. The predicted molar refractivity (Wildman–Crippen MR) is 98.4 cm³/mol. The van der Waals surface area contributed by atoms with Crippen molar-refractivity contribution >= 4 is 11.8 Å². The highest BCUT2D eigenvalue weighted by Crippen LogP contribution is 2.40. The third kappa shape index (κ3) is 3.86. The number of carbonyl (C=O) groups is 1. The monoisotopic (exact) mass is 407 g/mol. The molecule has 0 spiro atoms. The van der Waals surface area contributed by atoms with E-state index >= 15 is 0 Å². The van der Waals surface area contributed by atoms with Gasteiger partial charge in [0.15, 0.2) is 0 Å². The van der Waals surface area contributed by atoms with E-state index in [4.69, 9.17) is 4.74 Å². The van der Waals surface area contributed by atoms with E-state index in [0.29, 0.717) is 0 Å². The van der Waals surface area contributed by atoms with Gasteiger partial charge in [-0.3, -0.25) is 14.8 Å². The SMILES string of the molecule is C=CCOC(=O)C1=C(C)Nc2[nH]c(=O)[nH]c(=O)c2[C@@H]1c1ccc(C(F)(F)F)cc1. The molecule has 7 nitrogen and oxygen atoms in total. The third-order valence-electron chi connectivity index (χ3n) is 4.40. The van der Waals surface area contributed by atoms with Crippen molar-refractivity contribution in [2.75, 3.05) is 11.9 Å². The summed E-state index contributed by atoms with van der Waals surface area (Å²) in [6.45, 7) is 4.89. The van der Waals surface area contributed by atoms with E-state index in [-0.39, 0.29) is 34.8 Å². The quantitative estimate of drug-likeness (QED) is 0.534. The van der Waals surface area contributed by atoms with Crippen molar-refractivity contribution in [3.63, 3.8) is 0 Å². The summed E-state index contributed by atoms with van der Waals surface area (Å²) in [6.07, 6.45) is -3.18. The minimum absolute atomic E-state index is 0.0134. The highest BCUT2D eigenvalue weighted by Gasteiger charge is 2.37. The van der Waals surface area contributed by atoms with Crippen LogP contribution in [0, 0.1) is 0 Å². The normalized spacial score (nSPS) is 16.1. The van der Waals surface area contributed by atoms with E-state index in [1.54, 1.807) is 0 Å².